The van der Waals surface area contributed by atoms with Crippen molar-refractivity contribution in [1.82, 2.24) is 15.0 Å². The summed E-state index contributed by atoms with van der Waals surface area (Å²) in [5, 5.41) is 8.40. The SMILES string of the molecule is CCc1cn(Cc2ccc(/C=C/C(=O)NO)cc2)c(=O)[nH]c1=O. The summed E-state index contributed by atoms with van der Waals surface area (Å²) in [7, 11) is 0. The number of carbonyl (C=O) groups excluding carboxylic acids is 1. The van der Waals surface area contributed by atoms with Gasteiger partial charge in [0.1, 0.15) is 0 Å². The first kappa shape index (κ1) is 16.4. The van der Waals surface area contributed by atoms with Gasteiger partial charge in [0, 0.05) is 17.8 Å². The third kappa shape index (κ3) is 4.27. The molecule has 0 aliphatic heterocycles. The third-order valence-corrected chi connectivity index (χ3v) is 3.34. The molecule has 7 heteroatoms. The highest BCUT2D eigenvalue weighted by atomic mass is 16.5. The van der Waals surface area contributed by atoms with Crippen molar-refractivity contribution in [2.75, 3.05) is 0 Å². The molecule has 1 aromatic carbocycles. The average Bonchev–Trinajstić information content (AvgIpc) is 2.56. The molecule has 0 radical (unpaired) electrons. The molecule has 0 aliphatic carbocycles. The van der Waals surface area contributed by atoms with Crippen molar-refractivity contribution in [2.24, 2.45) is 0 Å². The van der Waals surface area contributed by atoms with E-state index < -0.39 is 11.6 Å². The third-order valence-electron chi connectivity index (χ3n) is 3.34. The van der Waals surface area contributed by atoms with Crippen LogP contribution in [0.25, 0.3) is 6.08 Å². The molecule has 0 saturated heterocycles. The van der Waals surface area contributed by atoms with Gasteiger partial charge in [-0.2, -0.15) is 0 Å². The number of hydrogen-bond acceptors (Lipinski definition) is 4. The summed E-state index contributed by atoms with van der Waals surface area (Å²) in [5.74, 6) is -0.610. The number of nitrogens with one attached hydrogen (secondary N) is 2. The average molecular weight is 315 g/mol. The molecule has 1 aromatic heterocycles. The van der Waals surface area contributed by atoms with Crippen LogP contribution in [0, 0.1) is 0 Å². The zero-order valence-corrected chi connectivity index (χ0v) is 12.6. The highest BCUT2D eigenvalue weighted by molar-refractivity contribution is 5.90. The molecule has 3 N–H and O–H groups in total. The van der Waals surface area contributed by atoms with Gasteiger partial charge in [-0.05, 0) is 23.6 Å². The zero-order valence-electron chi connectivity index (χ0n) is 12.6. The number of aryl methyl sites for hydroxylation is 1. The van der Waals surface area contributed by atoms with E-state index in [2.05, 4.69) is 4.98 Å². The van der Waals surface area contributed by atoms with Crippen molar-refractivity contribution in [3.63, 3.8) is 0 Å². The van der Waals surface area contributed by atoms with Crippen molar-refractivity contribution in [3.05, 3.63) is 74.1 Å². The minimum absolute atomic E-state index is 0.337. The number of amides is 1. The van der Waals surface area contributed by atoms with Crippen molar-refractivity contribution in [3.8, 4) is 0 Å². The van der Waals surface area contributed by atoms with Gasteiger partial charge < -0.3 is 0 Å². The van der Waals surface area contributed by atoms with Gasteiger partial charge in [0.25, 0.3) is 11.5 Å². The van der Waals surface area contributed by atoms with E-state index in [4.69, 9.17) is 5.21 Å². The van der Waals surface area contributed by atoms with Gasteiger partial charge in [-0.1, -0.05) is 31.2 Å². The quantitative estimate of drug-likeness (QED) is 0.428. The Balaban J connectivity index is 2.18. The monoisotopic (exact) mass is 315 g/mol. The maximum Gasteiger partial charge on any atom is 0.328 e. The van der Waals surface area contributed by atoms with Gasteiger partial charge in [-0.3, -0.25) is 24.3 Å². The Morgan fingerprint density at radius 1 is 1.30 bits per heavy atom. The van der Waals surface area contributed by atoms with Gasteiger partial charge >= 0.3 is 5.69 Å². The molecule has 1 amide bonds. The van der Waals surface area contributed by atoms with E-state index in [0.29, 0.717) is 18.5 Å². The molecular formula is C16H17N3O4. The molecule has 0 bridgehead atoms. The van der Waals surface area contributed by atoms with Crippen LogP contribution in [-0.2, 0) is 17.8 Å². The van der Waals surface area contributed by atoms with E-state index >= 15 is 0 Å². The number of H-pyrrole nitrogens is 1. The minimum atomic E-state index is -0.610. The lowest BCUT2D eigenvalue weighted by atomic mass is 10.1. The Labute approximate surface area is 131 Å². The number of aromatic amines is 1. The largest absolute Gasteiger partial charge is 0.328 e. The lowest BCUT2D eigenvalue weighted by molar-refractivity contribution is -0.124. The van der Waals surface area contributed by atoms with Gasteiger partial charge in [0.2, 0.25) is 0 Å². The van der Waals surface area contributed by atoms with E-state index in [1.165, 1.54) is 16.1 Å². The molecule has 0 unspecified atom stereocenters. The molecule has 0 aliphatic rings. The first-order valence-electron chi connectivity index (χ1n) is 7.07. The topological polar surface area (TPSA) is 104 Å². The molecule has 120 valence electrons. The molecule has 2 rings (SSSR count). The molecule has 0 saturated carbocycles. The molecule has 0 atom stereocenters. The Bertz CT molecular complexity index is 832. The van der Waals surface area contributed by atoms with Crippen LogP contribution >= 0.6 is 0 Å². The molecule has 7 nitrogen and oxygen atoms in total. The van der Waals surface area contributed by atoms with Crippen LogP contribution in [-0.4, -0.2) is 20.7 Å². The van der Waals surface area contributed by atoms with Crippen LogP contribution in [0.4, 0.5) is 0 Å². The van der Waals surface area contributed by atoms with Crippen LogP contribution in [0.1, 0.15) is 23.6 Å². The fraction of sp³-hybridized carbons (Fsp3) is 0.188. The number of hydrogen-bond donors (Lipinski definition) is 3. The van der Waals surface area contributed by atoms with Crippen LogP contribution in [0.2, 0.25) is 0 Å². The number of rotatable bonds is 5. The number of carbonyl (C=O) groups is 1. The standard InChI is InChI=1S/C16H17N3O4/c1-2-13-10-19(16(22)17-15(13)21)9-12-5-3-11(4-6-12)7-8-14(20)18-23/h3-8,10,23H,2,9H2,1H3,(H,18,20)(H,17,21,22)/b8-7+. The van der Waals surface area contributed by atoms with E-state index in [1.807, 2.05) is 19.1 Å². The predicted octanol–water partition coefficient (Wildman–Crippen LogP) is 0.666. The lowest BCUT2D eigenvalue weighted by Crippen LogP contribution is -2.31. The van der Waals surface area contributed by atoms with E-state index in [9.17, 15) is 14.4 Å². The fourth-order valence-corrected chi connectivity index (χ4v) is 2.06. The number of benzene rings is 1. The first-order valence-corrected chi connectivity index (χ1v) is 7.07. The van der Waals surface area contributed by atoms with Crippen LogP contribution in [0.3, 0.4) is 0 Å². The van der Waals surface area contributed by atoms with Crippen molar-refractivity contribution >= 4 is 12.0 Å². The van der Waals surface area contributed by atoms with E-state index in [1.54, 1.807) is 24.4 Å². The fourth-order valence-electron chi connectivity index (χ4n) is 2.06. The summed E-state index contributed by atoms with van der Waals surface area (Å²) in [4.78, 5) is 36.6. The first-order chi connectivity index (χ1) is 11.0. The highest BCUT2D eigenvalue weighted by Crippen LogP contribution is 2.07. The zero-order chi connectivity index (χ0) is 16.8. The molecule has 23 heavy (non-hydrogen) atoms. The summed E-state index contributed by atoms with van der Waals surface area (Å²) in [6.07, 6.45) is 4.87. The molecule has 1 heterocycles. The normalized spacial score (nSPS) is 10.9. The van der Waals surface area contributed by atoms with Crippen molar-refractivity contribution in [2.45, 2.75) is 19.9 Å². The second kappa shape index (κ2) is 7.37. The van der Waals surface area contributed by atoms with Crippen molar-refractivity contribution in [1.29, 1.82) is 0 Å². The van der Waals surface area contributed by atoms with Crippen LogP contribution in [0.5, 0.6) is 0 Å². The maximum absolute atomic E-state index is 11.8. The minimum Gasteiger partial charge on any atom is -0.296 e. The summed E-state index contributed by atoms with van der Waals surface area (Å²) >= 11 is 0. The van der Waals surface area contributed by atoms with Crippen molar-refractivity contribution < 1.29 is 10.0 Å². The molecular weight excluding hydrogens is 298 g/mol. The lowest BCUT2D eigenvalue weighted by Gasteiger charge is -2.07. The van der Waals surface area contributed by atoms with Gasteiger partial charge in [-0.15, -0.1) is 0 Å². The smallest absolute Gasteiger partial charge is 0.296 e. The summed E-state index contributed by atoms with van der Waals surface area (Å²) < 4.78 is 1.45. The molecule has 0 fully saturated rings. The second-order valence-corrected chi connectivity index (χ2v) is 4.95. The second-order valence-electron chi connectivity index (χ2n) is 4.95. The van der Waals surface area contributed by atoms with E-state index in [0.717, 1.165) is 11.1 Å². The van der Waals surface area contributed by atoms with Gasteiger partial charge in [-0.25, -0.2) is 10.3 Å². The Morgan fingerprint density at radius 2 is 2.00 bits per heavy atom. The molecule has 2 aromatic rings. The number of aromatic nitrogens is 2. The van der Waals surface area contributed by atoms with Gasteiger partial charge in [0.05, 0.1) is 6.54 Å². The number of nitrogens with zero attached hydrogens (tertiary/aromatic N) is 1. The number of hydroxylamine groups is 1. The predicted molar refractivity (Wildman–Crippen MR) is 85.2 cm³/mol. The molecule has 0 spiro atoms. The summed E-state index contributed by atoms with van der Waals surface area (Å²) in [6.45, 7) is 2.19. The maximum atomic E-state index is 11.8. The van der Waals surface area contributed by atoms with Crippen LogP contribution in [0.15, 0.2) is 46.1 Å². The Morgan fingerprint density at radius 3 is 2.61 bits per heavy atom. The van der Waals surface area contributed by atoms with Crippen LogP contribution < -0.4 is 16.7 Å². The Kier molecular flexibility index (Phi) is 5.27. The highest BCUT2D eigenvalue weighted by Gasteiger charge is 2.04. The summed E-state index contributed by atoms with van der Waals surface area (Å²) in [6, 6.07) is 7.21. The van der Waals surface area contributed by atoms with E-state index in [-0.39, 0.29) is 5.56 Å². The van der Waals surface area contributed by atoms with Gasteiger partial charge in [0.15, 0.2) is 0 Å². The summed E-state index contributed by atoms with van der Waals surface area (Å²) in [5.41, 5.74) is 2.92. The Hall–Kier alpha value is -2.93.